The number of para-hydroxylation sites is 1. The third-order valence-corrected chi connectivity index (χ3v) is 5.82. The lowest BCUT2D eigenvalue weighted by atomic mass is 9.86. The summed E-state index contributed by atoms with van der Waals surface area (Å²) in [6.45, 7) is 3.96. The molecule has 31 heavy (non-hydrogen) atoms. The third kappa shape index (κ3) is 4.54. The summed E-state index contributed by atoms with van der Waals surface area (Å²) in [6, 6.07) is 13.7. The van der Waals surface area contributed by atoms with Crippen molar-refractivity contribution in [3.63, 3.8) is 0 Å². The Morgan fingerprint density at radius 2 is 1.97 bits per heavy atom. The summed E-state index contributed by atoms with van der Waals surface area (Å²) in [5.74, 6) is 0.0555. The first-order chi connectivity index (χ1) is 15.1. The van der Waals surface area contributed by atoms with Gasteiger partial charge in [0, 0.05) is 23.7 Å². The Kier molecular flexibility index (Phi) is 6.18. The number of rotatable bonds is 7. The fourth-order valence-corrected chi connectivity index (χ4v) is 4.34. The number of hydrogen-bond donors (Lipinski definition) is 2. The first-order valence-electron chi connectivity index (χ1n) is 9.69. The number of aromatic amines is 1. The van der Waals surface area contributed by atoms with E-state index in [1.807, 2.05) is 18.2 Å². The number of amides is 1. The van der Waals surface area contributed by atoms with Gasteiger partial charge in [0.1, 0.15) is 24.0 Å². The quantitative estimate of drug-likeness (QED) is 0.328. The van der Waals surface area contributed by atoms with Gasteiger partial charge < -0.3 is 15.0 Å². The van der Waals surface area contributed by atoms with Crippen molar-refractivity contribution in [1.82, 2.24) is 9.97 Å². The van der Waals surface area contributed by atoms with Crippen LogP contribution in [0.3, 0.4) is 0 Å². The van der Waals surface area contributed by atoms with E-state index < -0.39 is 5.92 Å². The molecule has 1 atom stereocenters. The molecule has 1 aliphatic heterocycles. The Labute approximate surface area is 182 Å². The summed E-state index contributed by atoms with van der Waals surface area (Å²) in [5, 5.41) is 3.01. The SMILES string of the molecule is C=CCOc1ccccc1[C@H]1CC(=O)Nc2nc(SCc3ccccc3F)[nH]c(=O)c21. The fraction of sp³-hybridized carbons (Fsp3) is 0.174. The van der Waals surface area contributed by atoms with Crippen molar-refractivity contribution in [3.05, 3.63) is 94.0 Å². The molecular weight excluding hydrogens is 417 g/mol. The van der Waals surface area contributed by atoms with Crippen molar-refractivity contribution in [3.8, 4) is 5.75 Å². The largest absolute Gasteiger partial charge is 0.489 e. The van der Waals surface area contributed by atoms with Crippen molar-refractivity contribution >= 4 is 23.5 Å². The van der Waals surface area contributed by atoms with Gasteiger partial charge in [-0.1, -0.05) is 60.8 Å². The van der Waals surface area contributed by atoms with Gasteiger partial charge in [-0.25, -0.2) is 9.37 Å². The lowest BCUT2D eigenvalue weighted by molar-refractivity contribution is -0.116. The smallest absolute Gasteiger partial charge is 0.257 e. The number of ether oxygens (including phenoxy) is 1. The second-order valence-electron chi connectivity index (χ2n) is 6.96. The number of halogens is 1. The molecule has 1 amide bonds. The van der Waals surface area contributed by atoms with Crippen LogP contribution in [0.2, 0.25) is 0 Å². The maximum Gasteiger partial charge on any atom is 0.257 e. The number of carbonyl (C=O) groups is 1. The molecule has 4 rings (SSSR count). The molecule has 3 aromatic rings. The molecule has 0 fully saturated rings. The van der Waals surface area contributed by atoms with Gasteiger partial charge in [-0.3, -0.25) is 9.59 Å². The zero-order valence-electron chi connectivity index (χ0n) is 16.6. The summed E-state index contributed by atoms with van der Waals surface area (Å²) in [7, 11) is 0. The molecular formula is C23H20FN3O3S. The number of aromatic nitrogens is 2. The highest BCUT2D eigenvalue weighted by Crippen LogP contribution is 2.38. The van der Waals surface area contributed by atoms with Gasteiger partial charge in [-0.2, -0.15) is 0 Å². The molecule has 0 unspecified atom stereocenters. The predicted molar refractivity (Wildman–Crippen MR) is 118 cm³/mol. The maximum atomic E-state index is 13.9. The van der Waals surface area contributed by atoms with Crippen LogP contribution in [-0.2, 0) is 10.5 Å². The molecule has 6 nitrogen and oxygen atoms in total. The van der Waals surface area contributed by atoms with Crippen molar-refractivity contribution < 1.29 is 13.9 Å². The van der Waals surface area contributed by atoms with Gasteiger partial charge >= 0.3 is 0 Å². The molecule has 1 aliphatic rings. The summed E-state index contributed by atoms with van der Waals surface area (Å²) in [4.78, 5) is 32.6. The summed E-state index contributed by atoms with van der Waals surface area (Å²) < 4.78 is 19.6. The molecule has 0 bridgehead atoms. The number of carbonyl (C=O) groups excluding carboxylic acids is 1. The Morgan fingerprint density at radius 3 is 2.77 bits per heavy atom. The van der Waals surface area contributed by atoms with Crippen LogP contribution in [0, 0.1) is 5.82 Å². The first kappa shape index (κ1) is 20.9. The highest BCUT2D eigenvalue weighted by atomic mass is 32.2. The monoisotopic (exact) mass is 437 g/mol. The van der Waals surface area contributed by atoms with Crippen LogP contribution in [0.5, 0.6) is 5.75 Å². The Balaban J connectivity index is 1.67. The van der Waals surface area contributed by atoms with E-state index in [-0.39, 0.29) is 29.5 Å². The zero-order chi connectivity index (χ0) is 21.8. The molecule has 0 radical (unpaired) electrons. The molecule has 158 valence electrons. The number of hydrogen-bond acceptors (Lipinski definition) is 5. The molecule has 8 heteroatoms. The minimum atomic E-state index is -0.494. The van der Waals surface area contributed by atoms with Crippen LogP contribution >= 0.6 is 11.8 Å². The van der Waals surface area contributed by atoms with Gasteiger partial charge in [0.05, 0.1) is 5.56 Å². The van der Waals surface area contributed by atoms with E-state index in [0.29, 0.717) is 34.4 Å². The Bertz CT molecular complexity index is 1190. The van der Waals surface area contributed by atoms with Crippen LogP contribution in [-0.4, -0.2) is 22.5 Å². The molecule has 2 heterocycles. The minimum absolute atomic E-state index is 0.105. The number of fused-ring (bicyclic) bond motifs is 1. The molecule has 0 saturated heterocycles. The average molecular weight is 437 g/mol. The van der Waals surface area contributed by atoms with Crippen molar-refractivity contribution in [2.75, 3.05) is 11.9 Å². The van der Waals surface area contributed by atoms with E-state index in [9.17, 15) is 14.0 Å². The van der Waals surface area contributed by atoms with Crippen LogP contribution in [0.25, 0.3) is 0 Å². The molecule has 2 N–H and O–H groups in total. The third-order valence-electron chi connectivity index (χ3n) is 4.90. The van der Waals surface area contributed by atoms with Gasteiger partial charge in [0.25, 0.3) is 5.56 Å². The lowest BCUT2D eigenvalue weighted by Crippen LogP contribution is -2.31. The van der Waals surface area contributed by atoms with E-state index >= 15 is 0 Å². The van der Waals surface area contributed by atoms with Gasteiger partial charge in [0.15, 0.2) is 5.16 Å². The molecule has 0 spiro atoms. The molecule has 2 aromatic carbocycles. The van der Waals surface area contributed by atoms with E-state index in [1.165, 1.54) is 17.8 Å². The topological polar surface area (TPSA) is 84.1 Å². The van der Waals surface area contributed by atoms with Crippen molar-refractivity contribution in [1.29, 1.82) is 0 Å². The molecule has 1 aromatic heterocycles. The second kappa shape index (κ2) is 9.18. The van der Waals surface area contributed by atoms with E-state index in [4.69, 9.17) is 4.74 Å². The number of benzene rings is 2. The molecule has 0 saturated carbocycles. The Hall–Kier alpha value is -3.39. The van der Waals surface area contributed by atoms with E-state index in [2.05, 4.69) is 21.9 Å². The maximum absolute atomic E-state index is 13.9. The van der Waals surface area contributed by atoms with E-state index in [1.54, 1.807) is 30.3 Å². The highest BCUT2D eigenvalue weighted by molar-refractivity contribution is 7.98. The Morgan fingerprint density at radius 1 is 1.19 bits per heavy atom. The van der Waals surface area contributed by atoms with E-state index in [0.717, 1.165) is 5.56 Å². The summed E-state index contributed by atoms with van der Waals surface area (Å²) in [6.07, 6.45) is 1.74. The van der Waals surface area contributed by atoms with Crippen LogP contribution in [0.4, 0.5) is 10.2 Å². The van der Waals surface area contributed by atoms with Gasteiger partial charge in [0.2, 0.25) is 5.91 Å². The van der Waals surface area contributed by atoms with Crippen LogP contribution in [0.1, 0.15) is 29.0 Å². The summed E-state index contributed by atoms with van der Waals surface area (Å²) >= 11 is 1.19. The van der Waals surface area contributed by atoms with Gasteiger partial charge in [-0.05, 0) is 17.7 Å². The number of nitrogens with zero attached hydrogens (tertiary/aromatic N) is 1. The number of H-pyrrole nitrogens is 1. The van der Waals surface area contributed by atoms with Crippen LogP contribution < -0.4 is 15.6 Å². The number of thioether (sulfide) groups is 1. The number of nitrogens with one attached hydrogen (secondary N) is 2. The first-order valence-corrected chi connectivity index (χ1v) is 10.7. The normalized spacial score (nSPS) is 15.1. The van der Waals surface area contributed by atoms with Crippen molar-refractivity contribution in [2.24, 2.45) is 0 Å². The zero-order valence-corrected chi connectivity index (χ0v) is 17.4. The second-order valence-corrected chi connectivity index (χ2v) is 7.92. The standard InChI is InChI=1S/C23H20FN3O3S/c1-2-11-30-18-10-6-4-8-15(18)16-12-19(28)25-21-20(16)22(29)27-23(26-21)31-13-14-7-3-5-9-17(14)24/h2-10,16H,1,11-13H2,(H2,25,26,27,28,29)/t16-/m1/s1. The lowest BCUT2D eigenvalue weighted by Gasteiger charge is -2.26. The molecule has 0 aliphatic carbocycles. The van der Waals surface area contributed by atoms with Crippen molar-refractivity contribution in [2.45, 2.75) is 23.2 Å². The average Bonchev–Trinajstić information content (AvgIpc) is 2.76. The predicted octanol–water partition coefficient (Wildman–Crippen LogP) is 4.24. The minimum Gasteiger partial charge on any atom is -0.489 e. The highest BCUT2D eigenvalue weighted by Gasteiger charge is 2.32. The fourth-order valence-electron chi connectivity index (χ4n) is 3.49. The van der Waals surface area contributed by atoms with Crippen LogP contribution in [0.15, 0.2) is 71.1 Å². The van der Waals surface area contributed by atoms with Gasteiger partial charge in [-0.15, -0.1) is 0 Å². The number of anilines is 1. The summed E-state index contributed by atoms with van der Waals surface area (Å²) in [5.41, 5.74) is 1.27.